The van der Waals surface area contributed by atoms with Gasteiger partial charge in [-0.3, -0.25) is 19.3 Å². The number of nitrogens with one attached hydrogen (secondary N) is 3. The lowest BCUT2D eigenvalue weighted by Crippen LogP contribution is -2.56. The molecule has 2 aliphatic rings. The van der Waals surface area contributed by atoms with E-state index in [1.54, 1.807) is 24.3 Å². The minimum Gasteiger partial charge on any atom is -0.456 e. The summed E-state index contributed by atoms with van der Waals surface area (Å²) in [5.41, 5.74) is 5.32. The van der Waals surface area contributed by atoms with E-state index in [1.807, 2.05) is 11.8 Å². The molecule has 12 nitrogen and oxygen atoms in total. The molecule has 4 rings (SSSR count). The predicted molar refractivity (Wildman–Crippen MR) is 155 cm³/mol. The molecule has 1 aromatic carbocycles. The maximum absolute atomic E-state index is 12.7. The van der Waals surface area contributed by atoms with Crippen LogP contribution in [0.15, 0.2) is 35.1 Å². The summed E-state index contributed by atoms with van der Waals surface area (Å²) >= 11 is 5.95. The van der Waals surface area contributed by atoms with Crippen LogP contribution in [0.1, 0.15) is 46.9 Å². The molecule has 5 N–H and O–H groups in total. The Labute approximate surface area is 243 Å². The van der Waals surface area contributed by atoms with Crippen LogP contribution in [0.4, 0.5) is 11.5 Å². The number of amides is 2. The fraction of sp³-hybridized carbons (Fsp3) is 0.500. The van der Waals surface area contributed by atoms with Crippen molar-refractivity contribution in [3.8, 4) is 0 Å². The average molecular weight is 589 g/mol. The standard InChI is InChI=1S/C28H37ClN6O6/c1-28(9-12-34(2)13-10-28)41-27(39)17-4-6-18(7-5-17)31-23(36)16-35-11-8-21(22(15-35)40-3)32-25(37)19-14-20(29)24(30)33-26(19)38/h4-7,14,21-22H,8-13,15-16H2,1-3H3,(H,31,36)(H,32,37)(H3,30,33,38)/t21-,22+/m1/s1. The topological polar surface area (TPSA) is 159 Å². The van der Waals surface area contributed by atoms with Gasteiger partial charge in [-0.15, -0.1) is 0 Å². The number of H-pyrrole nitrogens is 1. The molecular formula is C28H37ClN6O6. The molecule has 41 heavy (non-hydrogen) atoms. The number of piperidine rings is 2. The Kier molecular flexibility index (Phi) is 9.69. The number of hydrogen-bond acceptors (Lipinski definition) is 9. The molecular weight excluding hydrogens is 552 g/mol. The number of methoxy groups -OCH3 is 1. The molecule has 0 radical (unpaired) electrons. The molecule has 3 heterocycles. The minimum absolute atomic E-state index is 0.00885. The van der Waals surface area contributed by atoms with Crippen molar-refractivity contribution in [1.29, 1.82) is 0 Å². The highest BCUT2D eigenvalue weighted by Gasteiger charge is 2.34. The Balaban J connectivity index is 1.26. The Morgan fingerprint density at radius 2 is 1.85 bits per heavy atom. The van der Waals surface area contributed by atoms with Crippen LogP contribution in [0.3, 0.4) is 0 Å². The first-order valence-corrected chi connectivity index (χ1v) is 13.9. The molecule has 1 aromatic heterocycles. The van der Waals surface area contributed by atoms with Gasteiger partial charge in [0.25, 0.3) is 11.5 Å². The van der Waals surface area contributed by atoms with Crippen LogP contribution in [-0.2, 0) is 14.3 Å². The van der Waals surface area contributed by atoms with Crippen LogP contribution < -0.4 is 21.9 Å². The highest BCUT2D eigenvalue weighted by atomic mass is 35.5. The summed E-state index contributed by atoms with van der Waals surface area (Å²) < 4.78 is 11.4. The van der Waals surface area contributed by atoms with Gasteiger partial charge < -0.3 is 35.7 Å². The van der Waals surface area contributed by atoms with Gasteiger partial charge in [0.2, 0.25) is 5.91 Å². The van der Waals surface area contributed by atoms with Crippen LogP contribution >= 0.6 is 11.6 Å². The number of anilines is 2. The number of aromatic nitrogens is 1. The summed E-state index contributed by atoms with van der Waals surface area (Å²) in [6.45, 7) is 4.76. The molecule has 2 saturated heterocycles. The number of ether oxygens (including phenoxy) is 2. The van der Waals surface area contributed by atoms with E-state index in [0.717, 1.165) is 25.9 Å². The van der Waals surface area contributed by atoms with E-state index in [9.17, 15) is 19.2 Å². The number of nitrogens with two attached hydrogens (primary N) is 1. The number of carbonyl (C=O) groups excluding carboxylic acids is 3. The maximum Gasteiger partial charge on any atom is 0.338 e. The second-order valence-corrected chi connectivity index (χ2v) is 11.3. The van der Waals surface area contributed by atoms with Crippen molar-refractivity contribution in [1.82, 2.24) is 20.1 Å². The lowest BCUT2D eigenvalue weighted by molar-refractivity contribution is -0.118. The molecule has 0 unspecified atom stereocenters. The number of likely N-dealkylation sites (tertiary alicyclic amines) is 2. The number of hydrogen-bond donors (Lipinski definition) is 4. The second kappa shape index (κ2) is 13.0. The van der Waals surface area contributed by atoms with Crippen LogP contribution in [-0.4, -0.2) is 97.2 Å². The Morgan fingerprint density at radius 1 is 1.17 bits per heavy atom. The van der Waals surface area contributed by atoms with Crippen molar-refractivity contribution in [3.05, 3.63) is 56.8 Å². The van der Waals surface area contributed by atoms with Gasteiger partial charge in [0, 0.05) is 39.0 Å². The third-order valence-electron chi connectivity index (χ3n) is 7.68. The van der Waals surface area contributed by atoms with E-state index < -0.39 is 23.2 Å². The lowest BCUT2D eigenvalue weighted by atomic mass is 9.93. The van der Waals surface area contributed by atoms with Crippen molar-refractivity contribution in [2.75, 3.05) is 57.9 Å². The number of benzene rings is 1. The third kappa shape index (κ3) is 7.85. The second-order valence-electron chi connectivity index (χ2n) is 10.9. The Hall–Kier alpha value is -3.45. The van der Waals surface area contributed by atoms with Crippen LogP contribution in [0.5, 0.6) is 0 Å². The van der Waals surface area contributed by atoms with Gasteiger partial charge in [0.1, 0.15) is 17.0 Å². The maximum atomic E-state index is 12.7. The minimum atomic E-state index is -0.635. The summed E-state index contributed by atoms with van der Waals surface area (Å²) in [7, 11) is 3.58. The molecule has 2 amide bonds. The number of esters is 1. The van der Waals surface area contributed by atoms with E-state index in [2.05, 4.69) is 27.6 Å². The molecule has 2 aromatic rings. The first-order chi connectivity index (χ1) is 19.5. The third-order valence-corrected chi connectivity index (χ3v) is 8.00. The predicted octanol–water partition coefficient (Wildman–Crippen LogP) is 1.71. The van der Waals surface area contributed by atoms with Gasteiger partial charge in [-0.05, 0) is 63.6 Å². The van der Waals surface area contributed by atoms with E-state index in [-0.39, 0.29) is 40.9 Å². The average Bonchev–Trinajstić information content (AvgIpc) is 2.93. The Bertz CT molecular complexity index is 1320. The van der Waals surface area contributed by atoms with Crippen LogP contribution in [0.25, 0.3) is 0 Å². The fourth-order valence-corrected chi connectivity index (χ4v) is 5.19. The van der Waals surface area contributed by atoms with Gasteiger partial charge in [-0.2, -0.15) is 0 Å². The zero-order valence-electron chi connectivity index (χ0n) is 23.5. The first-order valence-electron chi connectivity index (χ1n) is 13.5. The number of nitrogen functional groups attached to an aromatic ring is 1. The molecule has 222 valence electrons. The van der Waals surface area contributed by atoms with Gasteiger partial charge in [-0.1, -0.05) is 11.6 Å². The number of halogens is 1. The summed E-state index contributed by atoms with van der Waals surface area (Å²) in [5.74, 6) is -1.19. The molecule has 0 aliphatic carbocycles. The molecule has 2 atom stereocenters. The molecule has 0 spiro atoms. The molecule has 13 heteroatoms. The van der Waals surface area contributed by atoms with E-state index >= 15 is 0 Å². The SMILES string of the molecule is CO[C@H]1CN(CC(=O)Nc2ccc(C(=O)OC3(C)CCN(C)CC3)cc2)CC[C@H]1NC(=O)c1cc(Cl)c(N)[nH]c1=O. The quantitative estimate of drug-likeness (QED) is 0.337. The fourth-order valence-electron chi connectivity index (χ4n) is 5.03. The number of aromatic amines is 1. The van der Waals surface area contributed by atoms with E-state index in [4.69, 9.17) is 26.8 Å². The van der Waals surface area contributed by atoms with Crippen LogP contribution in [0.2, 0.25) is 5.02 Å². The number of carbonyl (C=O) groups is 3. The zero-order chi connectivity index (χ0) is 29.7. The number of nitrogens with zero attached hydrogens (tertiary/aromatic N) is 2. The smallest absolute Gasteiger partial charge is 0.338 e. The Morgan fingerprint density at radius 3 is 2.51 bits per heavy atom. The summed E-state index contributed by atoms with van der Waals surface area (Å²) in [6, 6.07) is 7.51. The first kappa shape index (κ1) is 30.5. The normalized spacial score (nSPS) is 21.2. The highest BCUT2D eigenvalue weighted by Crippen LogP contribution is 2.27. The van der Waals surface area contributed by atoms with Gasteiger partial charge in [0.15, 0.2) is 0 Å². The summed E-state index contributed by atoms with van der Waals surface area (Å²) in [4.78, 5) is 56.8. The zero-order valence-corrected chi connectivity index (χ0v) is 24.3. The van der Waals surface area contributed by atoms with Gasteiger partial charge in [-0.25, -0.2) is 4.79 Å². The largest absolute Gasteiger partial charge is 0.456 e. The lowest BCUT2D eigenvalue weighted by Gasteiger charge is -2.37. The van der Waals surface area contributed by atoms with E-state index in [1.165, 1.54) is 13.2 Å². The van der Waals surface area contributed by atoms with Crippen molar-refractivity contribution in [2.24, 2.45) is 0 Å². The summed E-state index contributed by atoms with van der Waals surface area (Å²) in [6.07, 6.45) is 1.67. The van der Waals surface area contributed by atoms with Gasteiger partial charge >= 0.3 is 5.97 Å². The molecule has 2 fully saturated rings. The molecule has 0 saturated carbocycles. The van der Waals surface area contributed by atoms with Crippen molar-refractivity contribution >= 4 is 40.9 Å². The van der Waals surface area contributed by atoms with Crippen molar-refractivity contribution in [2.45, 2.75) is 43.9 Å². The monoisotopic (exact) mass is 588 g/mol. The molecule has 2 aliphatic heterocycles. The number of pyridine rings is 1. The van der Waals surface area contributed by atoms with Gasteiger partial charge in [0.05, 0.1) is 29.3 Å². The summed E-state index contributed by atoms with van der Waals surface area (Å²) in [5, 5.41) is 5.76. The number of rotatable bonds is 8. The highest BCUT2D eigenvalue weighted by molar-refractivity contribution is 6.33. The van der Waals surface area contributed by atoms with E-state index in [0.29, 0.717) is 30.8 Å². The van der Waals surface area contributed by atoms with Crippen molar-refractivity contribution in [3.63, 3.8) is 0 Å². The van der Waals surface area contributed by atoms with Crippen LogP contribution in [0, 0.1) is 0 Å². The van der Waals surface area contributed by atoms with Crippen molar-refractivity contribution < 1.29 is 23.9 Å². The molecule has 0 bridgehead atoms.